The maximum Gasteiger partial charge on any atom is 0.230 e. The van der Waals surface area contributed by atoms with Crippen molar-refractivity contribution in [1.29, 1.82) is 0 Å². The first kappa shape index (κ1) is 17.6. The number of thiophene rings is 1. The number of nitrogens with one attached hydrogen (secondary N) is 2. The zero-order valence-corrected chi connectivity index (χ0v) is 15.2. The number of benzene rings is 1. The van der Waals surface area contributed by atoms with Crippen molar-refractivity contribution in [3.63, 3.8) is 0 Å². The van der Waals surface area contributed by atoms with Crippen molar-refractivity contribution in [2.75, 3.05) is 5.75 Å². The van der Waals surface area contributed by atoms with E-state index in [1.165, 1.54) is 28.8 Å². The van der Waals surface area contributed by atoms with Gasteiger partial charge in [-0.2, -0.15) is 0 Å². The number of halogens is 1. The third kappa shape index (κ3) is 5.14. The molecule has 0 saturated heterocycles. The number of aromatic nitrogens is 3. The highest BCUT2D eigenvalue weighted by molar-refractivity contribution is 7.99. The third-order valence-electron chi connectivity index (χ3n) is 3.51. The quantitative estimate of drug-likeness (QED) is 0.619. The second kappa shape index (κ2) is 8.26. The molecule has 0 aliphatic heterocycles. The van der Waals surface area contributed by atoms with Gasteiger partial charge in [0, 0.05) is 11.3 Å². The lowest BCUT2D eigenvalue weighted by Crippen LogP contribution is -2.28. The van der Waals surface area contributed by atoms with E-state index in [0.29, 0.717) is 11.6 Å². The van der Waals surface area contributed by atoms with Crippen LogP contribution in [0, 0.1) is 5.82 Å². The number of hydrogen-bond acceptors (Lipinski definition) is 5. The first-order valence-corrected chi connectivity index (χ1v) is 9.58. The van der Waals surface area contributed by atoms with E-state index in [4.69, 9.17) is 0 Å². The van der Waals surface area contributed by atoms with Gasteiger partial charge < -0.3 is 5.32 Å². The molecule has 0 spiro atoms. The van der Waals surface area contributed by atoms with Crippen LogP contribution in [0.5, 0.6) is 0 Å². The number of thioether (sulfide) groups is 1. The summed E-state index contributed by atoms with van der Waals surface area (Å²) in [5, 5.41) is 12.5. The molecule has 0 radical (unpaired) electrons. The van der Waals surface area contributed by atoms with Crippen molar-refractivity contribution < 1.29 is 9.18 Å². The fourth-order valence-corrected chi connectivity index (χ4v) is 3.59. The molecule has 25 heavy (non-hydrogen) atoms. The van der Waals surface area contributed by atoms with E-state index >= 15 is 0 Å². The van der Waals surface area contributed by atoms with Crippen molar-refractivity contribution in [3.8, 4) is 0 Å². The minimum absolute atomic E-state index is 0.119. The van der Waals surface area contributed by atoms with Crippen LogP contribution in [-0.4, -0.2) is 26.8 Å². The van der Waals surface area contributed by atoms with E-state index < -0.39 is 0 Å². The summed E-state index contributed by atoms with van der Waals surface area (Å²) < 4.78 is 12.9. The van der Waals surface area contributed by atoms with Gasteiger partial charge in [0.2, 0.25) is 11.1 Å². The van der Waals surface area contributed by atoms with Crippen molar-refractivity contribution in [1.82, 2.24) is 20.5 Å². The number of H-pyrrole nitrogens is 1. The molecule has 1 unspecified atom stereocenters. The molecule has 5 nitrogen and oxygen atoms in total. The highest BCUT2D eigenvalue weighted by Crippen LogP contribution is 2.17. The molecule has 0 saturated carbocycles. The highest BCUT2D eigenvalue weighted by Gasteiger charge is 2.12. The van der Waals surface area contributed by atoms with E-state index in [1.54, 1.807) is 23.5 Å². The number of carbonyl (C=O) groups is 1. The number of hydrogen-bond donors (Lipinski definition) is 2. The van der Waals surface area contributed by atoms with E-state index in [2.05, 4.69) is 20.5 Å². The highest BCUT2D eigenvalue weighted by atomic mass is 32.2. The van der Waals surface area contributed by atoms with Gasteiger partial charge in [-0.3, -0.25) is 9.89 Å². The van der Waals surface area contributed by atoms with Crippen LogP contribution in [0.3, 0.4) is 0 Å². The summed E-state index contributed by atoms with van der Waals surface area (Å²) in [6.45, 7) is 1.86. The zero-order valence-electron chi connectivity index (χ0n) is 13.5. The van der Waals surface area contributed by atoms with Crippen molar-refractivity contribution in [2.24, 2.45) is 0 Å². The number of aromatic amines is 1. The van der Waals surface area contributed by atoms with Crippen LogP contribution in [-0.2, 0) is 11.2 Å². The van der Waals surface area contributed by atoms with Crippen LogP contribution in [0.15, 0.2) is 46.9 Å². The Kier molecular flexibility index (Phi) is 5.83. The molecular weight excluding hydrogens is 359 g/mol. The predicted molar refractivity (Wildman–Crippen MR) is 97.2 cm³/mol. The van der Waals surface area contributed by atoms with Crippen LogP contribution in [0.25, 0.3) is 0 Å². The summed E-state index contributed by atoms with van der Waals surface area (Å²) in [5.74, 6) is 0.597. The Morgan fingerprint density at radius 3 is 2.88 bits per heavy atom. The second-order valence-corrected chi connectivity index (χ2v) is 7.42. The van der Waals surface area contributed by atoms with Crippen LogP contribution < -0.4 is 5.32 Å². The summed E-state index contributed by atoms with van der Waals surface area (Å²) in [7, 11) is 0. The Morgan fingerprint density at radius 2 is 2.16 bits per heavy atom. The van der Waals surface area contributed by atoms with E-state index in [-0.39, 0.29) is 23.5 Å². The third-order valence-corrected chi connectivity index (χ3v) is 5.24. The van der Waals surface area contributed by atoms with Crippen LogP contribution in [0.4, 0.5) is 4.39 Å². The standard InChI is InChI=1S/C17H17FN4OS2/c1-11(12-4-6-13(18)7-5-12)19-16(23)10-25-17-20-15(21-22-17)9-14-3-2-8-24-14/h2-8,11H,9-10H2,1H3,(H,19,23)(H,20,21,22). The maximum atomic E-state index is 12.9. The van der Waals surface area contributed by atoms with Gasteiger partial charge in [0.05, 0.1) is 11.8 Å². The van der Waals surface area contributed by atoms with Gasteiger partial charge in [0.25, 0.3) is 0 Å². The van der Waals surface area contributed by atoms with Crippen molar-refractivity contribution in [3.05, 3.63) is 63.9 Å². The summed E-state index contributed by atoms with van der Waals surface area (Å²) in [6.07, 6.45) is 0.707. The lowest BCUT2D eigenvalue weighted by Gasteiger charge is -2.13. The molecular formula is C17H17FN4OS2. The molecule has 130 valence electrons. The Hall–Kier alpha value is -2.19. The van der Waals surface area contributed by atoms with Gasteiger partial charge in [0.1, 0.15) is 11.6 Å². The van der Waals surface area contributed by atoms with Crippen molar-refractivity contribution >= 4 is 29.0 Å². The first-order valence-electron chi connectivity index (χ1n) is 7.71. The Bertz CT molecular complexity index is 818. The van der Waals surface area contributed by atoms with Crippen LogP contribution in [0.1, 0.15) is 29.2 Å². The normalized spacial score (nSPS) is 12.1. The first-order chi connectivity index (χ1) is 12.1. The lowest BCUT2D eigenvalue weighted by molar-refractivity contribution is -0.119. The second-order valence-electron chi connectivity index (χ2n) is 5.45. The van der Waals surface area contributed by atoms with Crippen molar-refractivity contribution in [2.45, 2.75) is 24.5 Å². The Labute approximate surface area is 153 Å². The smallest absolute Gasteiger partial charge is 0.230 e. The van der Waals surface area contributed by atoms with Gasteiger partial charge >= 0.3 is 0 Å². The molecule has 0 aliphatic rings. The molecule has 0 fully saturated rings. The number of amides is 1. The molecule has 2 aromatic heterocycles. The molecule has 0 aliphatic carbocycles. The molecule has 0 bridgehead atoms. The SMILES string of the molecule is CC(NC(=O)CSc1n[nH]c(Cc2cccs2)n1)c1ccc(F)cc1. The fraction of sp³-hybridized carbons (Fsp3) is 0.235. The van der Waals surface area contributed by atoms with Crippen LogP contribution >= 0.6 is 23.1 Å². The minimum Gasteiger partial charge on any atom is -0.349 e. The summed E-state index contributed by atoms with van der Waals surface area (Å²) in [6, 6.07) is 9.96. The van der Waals surface area contributed by atoms with E-state index in [0.717, 1.165) is 11.4 Å². The molecule has 3 rings (SSSR count). The van der Waals surface area contributed by atoms with Crippen LogP contribution in [0.2, 0.25) is 0 Å². The van der Waals surface area contributed by atoms with Gasteiger partial charge in [-0.1, -0.05) is 30.0 Å². The van der Waals surface area contributed by atoms with Gasteiger partial charge in [-0.15, -0.1) is 16.4 Å². The molecule has 1 amide bonds. The average molecular weight is 376 g/mol. The molecule has 2 heterocycles. The molecule has 1 atom stereocenters. The Morgan fingerprint density at radius 1 is 1.36 bits per heavy atom. The maximum absolute atomic E-state index is 12.9. The Balaban J connectivity index is 1.47. The average Bonchev–Trinajstić information content (AvgIpc) is 3.26. The molecule has 3 aromatic rings. The molecule has 1 aromatic carbocycles. The molecule has 2 N–H and O–H groups in total. The summed E-state index contributed by atoms with van der Waals surface area (Å²) in [4.78, 5) is 17.7. The largest absolute Gasteiger partial charge is 0.349 e. The monoisotopic (exact) mass is 376 g/mol. The lowest BCUT2D eigenvalue weighted by atomic mass is 10.1. The summed E-state index contributed by atoms with van der Waals surface area (Å²) in [5.41, 5.74) is 0.857. The predicted octanol–water partition coefficient (Wildman–Crippen LogP) is 3.57. The fourth-order valence-electron chi connectivity index (χ4n) is 2.25. The number of nitrogens with zero attached hydrogens (tertiary/aromatic N) is 2. The van der Waals surface area contributed by atoms with E-state index in [1.807, 2.05) is 24.4 Å². The molecule has 8 heteroatoms. The summed E-state index contributed by atoms with van der Waals surface area (Å²) >= 11 is 2.95. The number of rotatable bonds is 7. The van der Waals surface area contributed by atoms with Gasteiger partial charge in [0.15, 0.2) is 0 Å². The van der Waals surface area contributed by atoms with Gasteiger partial charge in [-0.05, 0) is 36.1 Å². The van der Waals surface area contributed by atoms with Gasteiger partial charge in [-0.25, -0.2) is 9.37 Å². The number of carbonyl (C=O) groups excluding carboxylic acids is 1. The van der Waals surface area contributed by atoms with E-state index in [9.17, 15) is 9.18 Å². The zero-order chi connectivity index (χ0) is 17.6. The minimum atomic E-state index is -0.291. The topological polar surface area (TPSA) is 70.7 Å².